The summed E-state index contributed by atoms with van der Waals surface area (Å²) >= 11 is 7.87. The molecule has 1 aliphatic carbocycles. The van der Waals surface area contributed by atoms with Crippen LogP contribution in [0.4, 0.5) is 0 Å². The van der Waals surface area contributed by atoms with Crippen molar-refractivity contribution in [3.8, 4) is 11.4 Å². The summed E-state index contributed by atoms with van der Waals surface area (Å²) in [5, 5.41) is 10.3. The molecule has 0 saturated heterocycles. The molecule has 4 rings (SSSR count). The summed E-state index contributed by atoms with van der Waals surface area (Å²) in [6, 6.07) is 17.5. The van der Waals surface area contributed by atoms with E-state index in [-0.39, 0.29) is 5.78 Å². The molecule has 4 nitrogen and oxygen atoms in total. The van der Waals surface area contributed by atoms with E-state index in [2.05, 4.69) is 14.8 Å². The van der Waals surface area contributed by atoms with E-state index in [1.807, 2.05) is 54.6 Å². The van der Waals surface area contributed by atoms with Gasteiger partial charge in [0.15, 0.2) is 16.8 Å². The van der Waals surface area contributed by atoms with Crippen molar-refractivity contribution in [2.45, 2.75) is 36.9 Å². The first-order chi connectivity index (χ1) is 13.2. The Hall–Kier alpha value is -2.11. The summed E-state index contributed by atoms with van der Waals surface area (Å²) in [6.45, 7) is 0. The number of Topliss-reactive ketones (excluding diaryl/α,β-unsaturated/α-hetero) is 1. The van der Waals surface area contributed by atoms with Gasteiger partial charge in [0.05, 0.1) is 10.8 Å². The fourth-order valence-corrected chi connectivity index (χ4v) is 4.65. The van der Waals surface area contributed by atoms with Crippen LogP contribution in [0.5, 0.6) is 0 Å². The van der Waals surface area contributed by atoms with Crippen molar-refractivity contribution in [3.05, 3.63) is 65.2 Å². The molecule has 0 radical (unpaired) electrons. The molecule has 0 amide bonds. The van der Waals surface area contributed by atoms with E-state index in [1.54, 1.807) is 0 Å². The lowest BCUT2D eigenvalue weighted by atomic mass is 10.2. The molecule has 3 aromatic rings. The quantitative estimate of drug-likeness (QED) is 0.396. The topological polar surface area (TPSA) is 47.8 Å². The summed E-state index contributed by atoms with van der Waals surface area (Å²) in [5.74, 6) is 1.24. The maximum absolute atomic E-state index is 12.5. The lowest BCUT2D eigenvalue weighted by molar-refractivity contribution is 0.102. The van der Waals surface area contributed by atoms with Crippen LogP contribution in [-0.2, 0) is 0 Å². The molecular weight excluding hydrogens is 378 g/mol. The van der Waals surface area contributed by atoms with Gasteiger partial charge in [0.25, 0.3) is 0 Å². The van der Waals surface area contributed by atoms with Gasteiger partial charge in [-0.1, -0.05) is 78.7 Å². The Morgan fingerprint density at radius 1 is 1.04 bits per heavy atom. The van der Waals surface area contributed by atoms with Crippen LogP contribution in [0.2, 0.25) is 5.02 Å². The number of nitrogens with zero attached hydrogens (tertiary/aromatic N) is 3. The number of carbonyl (C=O) groups is 1. The summed E-state index contributed by atoms with van der Waals surface area (Å²) in [6.07, 6.45) is 4.63. The average molecular weight is 398 g/mol. The number of ketones is 1. The van der Waals surface area contributed by atoms with E-state index in [4.69, 9.17) is 11.6 Å². The molecule has 1 fully saturated rings. The molecule has 2 aromatic carbocycles. The third kappa shape index (κ3) is 3.94. The first-order valence-electron chi connectivity index (χ1n) is 9.15. The van der Waals surface area contributed by atoms with Gasteiger partial charge < -0.3 is 0 Å². The average Bonchev–Trinajstić information content (AvgIpc) is 3.36. The van der Waals surface area contributed by atoms with Crippen LogP contribution in [0.3, 0.4) is 0 Å². The highest BCUT2D eigenvalue weighted by Gasteiger charge is 2.26. The minimum atomic E-state index is 0.0980. The Kier molecular flexibility index (Phi) is 5.60. The lowest BCUT2D eigenvalue weighted by Crippen LogP contribution is -2.10. The largest absolute Gasteiger partial charge is 0.299 e. The van der Waals surface area contributed by atoms with E-state index >= 15 is 0 Å². The molecule has 0 atom stereocenters. The zero-order valence-electron chi connectivity index (χ0n) is 14.8. The predicted molar refractivity (Wildman–Crippen MR) is 109 cm³/mol. The van der Waals surface area contributed by atoms with Crippen LogP contribution in [-0.4, -0.2) is 26.3 Å². The molecule has 0 N–H and O–H groups in total. The smallest absolute Gasteiger partial charge is 0.192 e. The third-order valence-electron chi connectivity index (χ3n) is 4.90. The Morgan fingerprint density at radius 3 is 2.48 bits per heavy atom. The van der Waals surface area contributed by atoms with Gasteiger partial charge in [-0.05, 0) is 25.0 Å². The monoisotopic (exact) mass is 397 g/mol. The van der Waals surface area contributed by atoms with Crippen LogP contribution in [0, 0.1) is 0 Å². The molecule has 0 unspecified atom stereocenters. The van der Waals surface area contributed by atoms with Crippen LogP contribution in [0.25, 0.3) is 11.4 Å². The SMILES string of the molecule is O=C(CSc1nnc(-c2ccccc2Cl)n1C1CCCC1)c1ccccc1. The minimum Gasteiger partial charge on any atom is -0.299 e. The van der Waals surface area contributed by atoms with Gasteiger partial charge in [-0.25, -0.2) is 0 Å². The molecule has 0 spiro atoms. The summed E-state index contributed by atoms with van der Waals surface area (Å²) in [5.41, 5.74) is 1.61. The first-order valence-corrected chi connectivity index (χ1v) is 10.5. The Morgan fingerprint density at radius 2 is 1.74 bits per heavy atom. The minimum absolute atomic E-state index is 0.0980. The van der Waals surface area contributed by atoms with E-state index in [1.165, 1.54) is 24.6 Å². The van der Waals surface area contributed by atoms with Gasteiger partial charge in [0, 0.05) is 17.2 Å². The van der Waals surface area contributed by atoms with Gasteiger partial charge in [0.1, 0.15) is 0 Å². The Bertz CT molecular complexity index is 936. The molecule has 0 bridgehead atoms. The van der Waals surface area contributed by atoms with Crippen molar-refractivity contribution in [2.75, 3.05) is 5.75 Å². The Balaban J connectivity index is 1.63. The first kappa shape index (κ1) is 18.3. The van der Waals surface area contributed by atoms with Crippen molar-refractivity contribution in [1.29, 1.82) is 0 Å². The van der Waals surface area contributed by atoms with Crippen molar-refractivity contribution >= 4 is 29.1 Å². The third-order valence-corrected chi connectivity index (χ3v) is 6.17. The highest BCUT2D eigenvalue weighted by molar-refractivity contribution is 7.99. The maximum atomic E-state index is 12.5. The van der Waals surface area contributed by atoms with E-state index in [9.17, 15) is 4.79 Å². The predicted octanol–water partition coefficient (Wildman–Crippen LogP) is 5.69. The highest BCUT2D eigenvalue weighted by Crippen LogP contribution is 2.38. The molecular formula is C21H20ClN3OS. The number of aromatic nitrogens is 3. The summed E-state index contributed by atoms with van der Waals surface area (Å²) in [4.78, 5) is 12.5. The van der Waals surface area contributed by atoms with Gasteiger partial charge in [0.2, 0.25) is 0 Å². The summed E-state index contributed by atoms with van der Waals surface area (Å²) < 4.78 is 2.19. The number of rotatable bonds is 6. The molecule has 1 heterocycles. The van der Waals surface area contributed by atoms with E-state index in [0.29, 0.717) is 16.8 Å². The highest BCUT2D eigenvalue weighted by atomic mass is 35.5. The van der Waals surface area contributed by atoms with Crippen LogP contribution >= 0.6 is 23.4 Å². The van der Waals surface area contributed by atoms with Crippen molar-refractivity contribution in [3.63, 3.8) is 0 Å². The lowest BCUT2D eigenvalue weighted by Gasteiger charge is -2.17. The molecule has 1 saturated carbocycles. The Labute approximate surface area is 168 Å². The molecule has 1 aromatic heterocycles. The normalized spacial score (nSPS) is 14.6. The molecule has 27 heavy (non-hydrogen) atoms. The van der Waals surface area contributed by atoms with Gasteiger partial charge in [-0.2, -0.15) is 0 Å². The number of hydrogen-bond donors (Lipinski definition) is 0. The molecule has 138 valence electrons. The summed E-state index contributed by atoms with van der Waals surface area (Å²) in [7, 11) is 0. The number of hydrogen-bond acceptors (Lipinski definition) is 4. The number of halogens is 1. The molecule has 6 heteroatoms. The molecule has 0 aliphatic heterocycles. The maximum Gasteiger partial charge on any atom is 0.192 e. The second kappa shape index (κ2) is 8.28. The van der Waals surface area contributed by atoms with Crippen LogP contribution in [0.15, 0.2) is 59.8 Å². The fraction of sp³-hybridized carbons (Fsp3) is 0.286. The van der Waals surface area contributed by atoms with Gasteiger partial charge in [-0.15, -0.1) is 10.2 Å². The zero-order valence-corrected chi connectivity index (χ0v) is 16.4. The van der Waals surface area contributed by atoms with E-state index in [0.717, 1.165) is 34.9 Å². The van der Waals surface area contributed by atoms with Crippen LogP contribution < -0.4 is 0 Å². The van der Waals surface area contributed by atoms with Gasteiger partial charge >= 0.3 is 0 Å². The van der Waals surface area contributed by atoms with Crippen LogP contribution in [0.1, 0.15) is 42.1 Å². The van der Waals surface area contributed by atoms with Crippen molar-refractivity contribution in [2.24, 2.45) is 0 Å². The number of benzene rings is 2. The van der Waals surface area contributed by atoms with Crippen molar-refractivity contribution < 1.29 is 4.79 Å². The second-order valence-electron chi connectivity index (χ2n) is 6.67. The number of thioether (sulfide) groups is 1. The van der Waals surface area contributed by atoms with Gasteiger partial charge in [-0.3, -0.25) is 9.36 Å². The fourth-order valence-electron chi connectivity index (χ4n) is 3.53. The second-order valence-corrected chi connectivity index (χ2v) is 8.02. The van der Waals surface area contributed by atoms with E-state index < -0.39 is 0 Å². The standard InChI is InChI=1S/C21H20ClN3OS/c22-18-13-7-6-12-17(18)20-23-24-21(25(20)16-10-4-5-11-16)27-14-19(26)15-8-2-1-3-9-15/h1-3,6-9,12-13,16H,4-5,10-11,14H2. The zero-order chi connectivity index (χ0) is 18.6. The molecule has 1 aliphatic rings. The van der Waals surface area contributed by atoms with Crippen molar-refractivity contribution in [1.82, 2.24) is 14.8 Å². The number of carbonyl (C=O) groups excluding carboxylic acids is 1.